The van der Waals surface area contributed by atoms with Crippen LogP contribution in [-0.4, -0.2) is 0 Å². The predicted octanol–water partition coefficient (Wildman–Crippen LogP) is 4.58. The third-order valence-electron chi connectivity index (χ3n) is 1.89. The van der Waals surface area contributed by atoms with Crippen LogP contribution in [0.2, 0.25) is 5.02 Å². The van der Waals surface area contributed by atoms with Gasteiger partial charge in [-0.2, -0.15) is 0 Å². The highest BCUT2D eigenvalue weighted by Gasteiger charge is 2.08. The summed E-state index contributed by atoms with van der Waals surface area (Å²) in [5.74, 6) is 0.431. The van der Waals surface area contributed by atoms with E-state index in [1.54, 1.807) is 11.3 Å². The van der Waals surface area contributed by atoms with Gasteiger partial charge in [0.1, 0.15) is 0 Å². The molecular formula is C9H6Cl2S2. The van der Waals surface area contributed by atoms with Gasteiger partial charge in [0.25, 0.3) is 0 Å². The van der Waals surface area contributed by atoms with Gasteiger partial charge in [0, 0.05) is 20.9 Å². The van der Waals surface area contributed by atoms with Gasteiger partial charge in [-0.25, -0.2) is 0 Å². The van der Waals surface area contributed by atoms with Crippen LogP contribution in [0.4, 0.5) is 0 Å². The van der Waals surface area contributed by atoms with Crippen LogP contribution >= 0.6 is 47.2 Å². The number of benzene rings is 1. The van der Waals surface area contributed by atoms with Crippen molar-refractivity contribution in [1.29, 1.82) is 0 Å². The Balaban J connectivity index is 2.83. The molecule has 1 heterocycles. The number of fused-ring (bicyclic) bond motifs is 1. The second-order valence-corrected chi connectivity index (χ2v) is 4.70. The highest BCUT2D eigenvalue weighted by Crippen LogP contribution is 2.35. The summed E-state index contributed by atoms with van der Waals surface area (Å²) in [6.07, 6.45) is 0. The van der Waals surface area contributed by atoms with Crippen LogP contribution in [0.5, 0.6) is 0 Å². The fourth-order valence-corrected chi connectivity index (χ4v) is 2.99. The quantitative estimate of drug-likeness (QED) is 0.555. The molecule has 13 heavy (non-hydrogen) atoms. The molecular weight excluding hydrogens is 243 g/mol. The molecule has 0 bridgehead atoms. The van der Waals surface area contributed by atoms with Crippen molar-refractivity contribution in [2.45, 2.75) is 10.8 Å². The Morgan fingerprint density at radius 1 is 1.46 bits per heavy atom. The summed E-state index contributed by atoms with van der Waals surface area (Å²) >= 11 is 17.9. The molecule has 0 nitrogen and oxygen atoms in total. The number of thiophene rings is 1. The van der Waals surface area contributed by atoms with Crippen molar-refractivity contribution in [3.8, 4) is 0 Å². The molecule has 1 aromatic carbocycles. The Morgan fingerprint density at radius 2 is 2.23 bits per heavy atom. The molecule has 0 fully saturated rings. The van der Waals surface area contributed by atoms with Gasteiger partial charge in [-0.3, -0.25) is 0 Å². The Hall–Kier alpha value is 0.110. The minimum Gasteiger partial charge on any atom is -0.144 e. The molecule has 0 unspecified atom stereocenters. The monoisotopic (exact) mass is 248 g/mol. The largest absolute Gasteiger partial charge is 0.144 e. The van der Waals surface area contributed by atoms with Crippen LogP contribution in [0.25, 0.3) is 10.1 Å². The first-order valence-electron chi connectivity index (χ1n) is 3.67. The summed E-state index contributed by atoms with van der Waals surface area (Å²) in [7, 11) is 0. The maximum atomic E-state index is 6.07. The van der Waals surface area contributed by atoms with E-state index in [9.17, 15) is 0 Å². The predicted molar refractivity (Wildman–Crippen MR) is 63.6 cm³/mol. The second kappa shape index (κ2) is 3.70. The number of hydrogen-bond acceptors (Lipinski definition) is 2. The first-order chi connectivity index (χ1) is 6.24. The first-order valence-corrected chi connectivity index (χ1v) is 5.91. The average Bonchev–Trinajstić information content (AvgIpc) is 2.59. The maximum absolute atomic E-state index is 6.07. The maximum Gasteiger partial charge on any atom is 0.0590 e. The van der Waals surface area contributed by atoms with Crippen molar-refractivity contribution in [3.63, 3.8) is 0 Å². The summed E-state index contributed by atoms with van der Waals surface area (Å²) < 4.78 is 1.19. The molecule has 0 radical (unpaired) electrons. The highest BCUT2D eigenvalue weighted by molar-refractivity contribution is 7.80. The Labute approximate surface area is 95.9 Å². The Bertz CT molecular complexity index is 448. The number of alkyl halides is 1. The van der Waals surface area contributed by atoms with E-state index < -0.39 is 0 Å². The van der Waals surface area contributed by atoms with Gasteiger partial charge in [0.2, 0.25) is 0 Å². The molecule has 0 saturated carbocycles. The number of halogens is 2. The highest BCUT2D eigenvalue weighted by atomic mass is 35.5. The summed E-state index contributed by atoms with van der Waals surface area (Å²) in [6, 6.07) is 4.04. The molecule has 0 saturated heterocycles. The third-order valence-corrected chi connectivity index (χ3v) is 4.07. The lowest BCUT2D eigenvalue weighted by atomic mass is 10.2. The average molecular weight is 249 g/mol. The van der Waals surface area contributed by atoms with Crippen molar-refractivity contribution in [2.75, 3.05) is 0 Å². The third kappa shape index (κ3) is 1.57. The lowest BCUT2D eigenvalue weighted by Crippen LogP contribution is -1.82. The minimum atomic E-state index is 0.431. The molecule has 4 heteroatoms. The van der Waals surface area contributed by atoms with Crippen LogP contribution in [0.15, 0.2) is 22.4 Å². The molecule has 2 aromatic rings. The molecule has 0 atom stereocenters. The van der Waals surface area contributed by atoms with E-state index in [4.69, 9.17) is 23.2 Å². The SMILES string of the molecule is Sc1c(Cl)c(CCl)cc2sccc12. The Kier molecular flexibility index (Phi) is 2.75. The molecule has 68 valence electrons. The van der Waals surface area contributed by atoms with E-state index >= 15 is 0 Å². The van der Waals surface area contributed by atoms with Crippen molar-refractivity contribution in [2.24, 2.45) is 0 Å². The smallest absolute Gasteiger partial charge is 0.0590 e. The van der Waals surface area contributed by atoms with Crippen LogP contribution in [-0.2, 0) is 5.88 Å². The zero-order chi connectivity index (χ0) is 9.42. The Morgan fingerprint density at radius 3 is 2.92 bits per heavy atom. The molecule has 1 aromatic heterocycles. The second-order valence-electron chi connectivity index (χ2n) is 2.66. The fraction of sp³-hybridized carbons (Fsp3) is 0.111. The van der Waals surface area contributed by atoms with Gasteiger partial charge in [0.15, 0.2) is 0 Å². The lowest BCUT2D eigenvalue weighted by Gasteiger charge is -2.04. The molecule has 0 aliphatic carbocycles. The first kappa shape index (κ1) is 9.66. The van der Waals surface area contributed by atoms with Gasteiger partial charge in [-0.05, 0) is 23.1 Å². The van der Waals surface area contributed by atoms with E-state index in [1.165, 1.54) is 4.70 Å². The van der Waals surface area contributed by atoms with Crippen molar-refractivity contribution >= 4 is 57.3 Å². The van der Waals surface area contributed by atoms with Gasteiger partial charge in [-0.1, -0.05) is 11.6 Å². The zero-order valence-corrected chi connectivity index (χ0v) is 9.77. The summed E-state index contributed by atoms with van der Waals surface area (Å²) in [5, 5.41) is 3.80. The molecule has 0 aliphatic rings. The number of rotatable bonds is 1. The van der Waals surface area contributed by atoms with Crippen LogP contribution in [0.3, 0.4) is 0 Å². The normalized spacial score (nSPS) is 11.0. The summed E-state index contributed by atoms with van der Waals surface area (Å²) in [4.78, 5) is 0.830. The molecule has 0 amide bonds. The summed E-state index contributed by atoms with van der Waals surface area (Å²) in [5.41, 5.74) is 0.947. The molecule has 0 spiro atoms. The van der Waals surface area contributed by atoms with E-state index in [1.807, 2.05) is 17.5 Å². The van der Waals surface area contributed by atoms with Gasteiger partial charge in [0.05, 0.1) is 5.02 Å². The standard InChI is InChI=1S/C9H6Cl2S2/c10-4-5-3-7-6(1-2-13-7)9(12)8(5)11/h1-3,12H,4H2. The summed E-state index contributed by atoms with van der Waals surface area (Å²) in [6.45, 7) is 0. The zero-order valence-electron chi connectivity index (χ0n) is 6.55. The van der Waals surface area contributed by atoms with Crippen molar-refractivity contribution in [1.82, 2.24) is 0 Å². The van der Waals surface area contributed by atoms with Gasteiger partial charge >= 0.3 is 0 Å². The molecule has 2 rings (SSSR count). The van der Waals surface area contributed by atoms with Crippen molar-refractivity contribution in [3.05, 3.63) is 28.1 Å². The van der Waals surface area contributed by atoms with E-state index in [0.29, 0.717) is 10.9 Å². The van der Waals surface area contributed by atoms with Crippen LogP contribution in [0, 0.1) is 0 Å². The fourth-order valence-electron chi connectivity index (χ4n) is 1.22. The number of thiol groups is 1. The minimum absolute atomic E-state index is 0.431. The van der Waals surface area contributed by atoms with E-state index in [2.05, 4.69) is 12.6 Å². The van der Waals surface area contributed by atoms with Gasteiger partial charge < -0.3 is 0 Å². The van der Waals surface area contributed by atoms with Crippen LogP contribution in [0.1, 0.15) is 5.56 Å². The van der Waals surface area contributed by atoms with Crippen molar-refractivity contribution < 1.29 is 0 Å². The van der Waals surface area contributed by atoms with Crippen LogP contribution < -0.4 is 0 Å². The molecule has 0 N–H and O–H groups in total. The topological polar surface area (TPSA) is 0 Å². The molecule has 0 aliphatic heterocycles. The van der Waals surface area contributed by atoms with Gasteiger partial charge in [-0.15, -0.1) is 35.6 Å². The lowest BCUT2D eigenvalue weighted by molar-refractivity contribution is 1.38. The number of hydrogen-bond donors (Lipinski definition) is 1. The van der Waals surface area contributed by atoms with E-state index in [-0.39, 0.29) is 0 Å². The van der Waals surface area contributed by atoms with E-state index in [0.717, 1.165) is 15.8 Å².